The molecule has 0 saturated carbocycles. The summed E-state index contributed by atoms with van der Waals surface area (Å²) in [7, 11) is -13.8. The molecule has 0 unspecified atom stereocenters. The summed E-state index contributed by atoms with van der Waals surface area (Å²) in [5.41, 5.74) is 0. The number of rotatable bonds is 0. The smallest absolute Gasteiger partial charge is 0.285 e. The SMILES string of the molecule is O=S1(=O)N(O)S(=O)(=O)C(F)(F)C(F)(F)C1(F)F. The molecular weight excluding hydrogens is 308 g/mol. The van der Waals surface area contributed by atoms with Crippen molar-refractivity contribution in [1.29, 1.82) is 0 Å². The third kappa shape index (κ3) is 1.23. The van der Waals surface area contributed by atoms with Crippen molar-refractivity contribution in [2.75, 3.05) is 0 Å². The molecule has 1 aliphatic heterocycles. The van der Waals surface area contributed by atoms with Crippen LogP contribution in [0.3, 0.4) is 0 Å². The van der Waals surface area contributed by atoms with Crippen LogP contribution in [-0.2, 0) is 20.0 Å². The average Bonchev–Trinajstić information content (AvgIpc) is 2.13. The van der Waals surface area contributed by atoms with Crippen LogP contribution in [0.15, 0.2) is 0 Å². The highest BCUT2D eigenvalue weighted by Crippen LogP contribution is 2.56. The zero-order valence-electron chi connectivity index (χ0n) is 7.11. The molecule has 1 N–H and O–H groups in total. The number of halogens is 6. The summed E-state index contributed by atoms with van der Waals surface area (Å²) in [6.45, 7) is 0. The zero-order valence-corrected chi connectivity index (χ0v) is 8.74. The molecule has 0 aromatic rings. The van der Waals surface area contributed by atoms with E-state index in [1.165, 1.54) is 0 Å². The Bertz CT molecular complexity index is 502. The van der Waals surface area contributed by atoms with Gasteiger partial charge in [-0.2, -0.15) is 26.3 Å². The van der Waals surface area contributed by atoms with E-state index in [0.29, 0.717) is 0 Å². The second-order valence-electron chi connectivity index (χ2n) is 2.80. The molecule has 0 amide bonds. The summed E-state index contributed by atoms with van der Waals surface area (Å²) in [4.78, 5) is 0. The molecule has 1 aliphatic rings. The Morgan fingerprint density at radius 2 is 1.00 bits per heavy atom. The minimum absolute atomic E-state index is 2.45. The molecule has 1 heterocycles. The van der Waals surface area contributed by atoms with Gasteiger partial charge in [-0.1, -0.05) is 0 Å². The van der Waals surface area contributed by atoms with E-state index in [2.05, 4.69) is 0 Å². The van der Waals surface area contributed by atoms with E-state index in [0.717, 1.165) is 0 Å². The van der Waals surface area contributed by atoms with Gasteiger partial charge in [0.25, 0.3) is 0 Å². The van der Waals surface area contributed by atoms with Crippen LogP contribution in [0.4, 0.5) is 26.3 Å². The molecule has 0 atom stereocenters. The highest BCUT2D eigenvalue weighted by molar-refractivity contribution is 8.05. The van der Waals surface area contributed by atoms with Gasteiger partial charge in [0.05, 0.1) is 0 Å². The first-order chi connectivity index (χ1) is 7.15. The van der Waals surface area contributed by atoms with Crippen LogP contribution in [0.2, 0.25) is 0 Å². The summed E-state index contributed by atoms with van der Waals surface area (Å²) in [6, 6.07) is 0. The van der Waals surface area contributed by atoms with Crippen LogP contribution in [0, 0.1) is 0 Å². The van der Waals surface area contributed by atoms with Gasteiger partial charge in [0.15, 0.2) is 0 Å². The van der Waals surface area contributed by atoms with Gasteiger partial charge in [-0.15, -0.1) is 0 Å². The first-order valence-electron chi connectivity index (χ1n) is 3.27. The van der Waals surface area contributed by atoms with Crippen LogP contribution >= 0.6 is 0 Å². The van der Waals surface area contributed by atoms with E-state index in [1.807, 2.05) is 0 Å². The van der Waals surface area contributed by atoms with Crippen molar-refractivity contribution in [1.82, 2.24) is 3.87 Å². The zero-order chi connectivity index (χ0) is 14.1. The lowest BCUT2D eigenvalue weighted by Crippen LogP contribution is -2.70. The van der Waals surface area contributed by atoms with Gasteiger partial charge in [0, 0.05) is 3.87 Å². The van der Waals surface area contributed by atoms with Crippen LogP contribution in [0.1, 0.15) is 0 Å². The van der Waals surface area contributed by atoms with E-state index in [-0.39, 0.29) is 0 Å². The lowest BCUT2D eigenvalue weighted by Gasteiger charge is -2.38. The topological polar surface area (TPSA) is 91.8 Å². The van der Waals surface area contributed by atoms with Crippen LogP contribution in [0.25, 0.3) is 0 Å². The van der Waals surface area contributed by atoms with Crippen LogP contribution in [0.5, 0.6) is 0 Å². The molecule has 102 valence electrons. The lowest BCUT2D eigenvalue weighted by molar-refractivity contribution is -0.254. The number of nitrogens with zero attached hydrogens (tertiary/aromatic N) is 1. The molecule has 0 spiro atoms. The Kier molecular flexibility index (Phi) is 2.59. The van der Waals surface area contributed by atoms with Gasteiger partial charge in [-0.25, -0.2) is 16.8 Å². The summed E-state index contributed by atoms with van der Waals surface area (Å²) in [6.07, 6.45) is 0. The Hall–Kier alpha value is -0.600. The van der Waals surface area contributed by atoms with Crippen molar-refractivity contribution < 1.29 is 48.4 Å². The van der Waals surface area contributed by atoms with Crippen molar-refractivity contribution >= 4 is 20.0 Å². The molecule has 0 radical (unpaired) electrons. The molecule has 6 nitrogen and oxygen atoms in total. The molecule has 1 saturated heterocycles. The molecule has 1 fully saturated rings. The number of alkyl halides is 6. The normalized spacial score (nSPS) is 33.1. The summed E-state index contributed by atoms with van der Waals surface area (Å²) in [5.74, 6) is -6.73. The predicted molar refractivity (Wildman–Crippen MR) is 36.3 cm³/mol. The van der Waals surface area contributed by atoms with Crippen molar-refractivity contribution in [3.63, 3.8) is 0 Å². The number of hydrogen-bond acceptors (Lipinski definition) is 5. The second-order valence-corrected chi connectivity index (χ2v) is 6.64. The van der Waals surface area contributed by atoms with E-state index in [9.17, 15) is 43.2 Å². The average molecular weight is 309 g/mol. The Balaban J connectivity index is 3.82. The molecule has 0 bridgehead atoms. The van der Waals surface area contributed by atoms with Crippen LogP contribution in [-0.4, -0.2) is 42.3 Å². The van der Waals surface area contributed by atoms with Crippen molar-refractivity contribution in [2.45, 2.75) is 16.4 Å². The van der Waals surface area contributed by atoms with Crippen molar-refractivity contribution in [3.05, 3.63) is 0 Å². The first kappa shape index (κ1) is 14.5. The molecule has 1 rings (SSSR count). The van der Waals surface area contributed by atoms with Crippen molar-refractivity contribution in [2.24, 2.45) is 0 Å². The summed E-state index contributed by atoms with van der Waals surface area (Å²) >= 11 is 0. The third-order valence-corrected chi connectivity index (χ3v) is 5.60. The van der Waals surface area contributed by atoms with E-state index in [1.54, 1.807) is 0 Å². The monoisotopic (exact) mass is 309 g/mol. The first-order valence-corrected chi connectivity index (χ1v) is 6.15. The Morgan fingerprint density at radius 3 is 1.24 bits per heavy atom. The minimum Gasteiger partial charge on any atom is -0.285 e. The highest BCUT2D eigenvalue weighted by Gasteiger charge is 2.89. The van der Waals surface area contributed by atoms with E-state index >= 15 is 0 Å². The second kappa shape index (κ2) is 3.04. The Morgan fingerprint density at radius 1 is 0.765 bits per heavy atom. The molecular formula is C3HF6NO5S2. The molecule has 0 aromatic heterocycles. The summed E-state index contributed by atoms with van der Waals surface area (Å²) < 4.78 is 115. The maximum Gasteiger partial charge on any atom is 0.431 e. The maximum absolute atomic E-state index is 12.6. The molecule has 17 heavy (non-hydrogen) atoms. The number of hydrogen-bond donors (Lipinski definition) is 1. The van der Waals surface area contributed by atoms with Gasteiger partial charge in [-0.3, -0.25) is 5.21 Å². The van der Waals surface area contributed by atoms with E-state index < -0.39 is 40.4 Å². The third-order valence-electron chi connectivity index (χ3n) is 1.79. The minimum atomic E-state index is -6.89. The Labute approximate surface area is 89.5 Å². The molecule has 0 aliphatic carbocycles. The van der Waals surface area contributed by atoms with Crippen molar-refractivity contribution in [3.8, 4) is 0 Å². The van der Waals surface area contributed by atoms with E-state index in [4.69, 9.17) is 5.21 Å². The number of sulfonamides is 2. The fraction of sp³-hybridized carbons (Fsp3) is 1.00. The van der Waals surface area contributed by atoms with Gasteiger partial charge in [0.1, 0.15) is 0 Å². The predicted octanol–water partition coefficient (Wildman–Crippen LogP) is 0.172. The standard InChI is InChI=1S/C3HF6NO5S2/c4-1(5)2(6,7)16(12,13)10(11)17(14,15)3(1,8)9/h11H. The van der Waals surface area contributed by atoms with Gasteiger partial charge >= 0.3 is 36.5 Å². The van der Waals surface area contributed by atoms with Gasteiger partial charge in [-0.05, 0) is 0 Å². The fourth-order valence-corrected chi connectivity index (χ4v) is 3.78. The molecule has 0 aromatic carbocycles. The fourth-order valence-electron chi connectivity index (χ4n) is 0.819. The van der Waals surface area contributed by atoms with Crippen LogP contribution < -0.4 is 0 Å². The summed E-state index contributed by atoms with van der Waals surface area (Å²) in [5, 5.41) is -4.73. The quantitative estimate of drug-likeness (QED) is 0.644. The van der Waals surface area contributed by atoms with Gasteiger partial charge in [0.2, 0.25) is 0 Å². The highest BCUT2D eigenvalue weighted by atomic mass is 32.3. The maximum atomic E-state index is 12.6. The lowest BCUT2D eigenvalue weighted by atomic mass is 10.3. The van der Waals surface area contributed by atoms with Gasteiger partial charge < -0.3 is 0 Å². The molecule has 14 heteroatoms. The largest absolute Gasteiger partial charge is 0.431 e.